The van der Waals surface area contributed by atoms with Crippen molar-refractivity contribution in [3.63, 3.8) is 0 Å². The number of nitrogens with zero attached hydrogens (tertiary/aromatic N) is 4. The zero-order chi connectivity index (χ0) is 12.3. The molecular weight excluding hydrogens is 260 g/mol. The summed E-state index contributed by atoms with van der Waals surface area (Å²) in [5.74, 6) is 0.650. The van der Waals surface area contributed by atoms with Crippen molar-refractivity contribution in [1.82, 2.24) is 19.4 Å². The number of likely N-dealkylation sites (N-methyl/N-ethyl adjacent to an activating group) is 1. The Kier molecular flexibility index (Phi) is 5.06. The average molecular weight is 279 g/mol. The molecule has 102 valence electrons. The van der Waals surface area contributed by atoms with E-state index in [4.69, 9.17) is 14.2 Å². The van der Waals surface area contributed by atoms with Gasteiger partial charge in [0.05, 0.1) is 46.9 Å². The highest BCUT2D eigenvalue weighted by Crippen LogP contribution is 2.22. The summed E-state index contributed by atoms with van der Waals surface area (Å²) in [6.07, 6.45) is 0. The van der Waals surface area contributed by atoms with Gasteiger partial charge in [0.2, 0.25) is 0 Å². The zero-order valence-electron chi connectivity index (χ0n) is 10.8. The summed E-state index contributed by atoms with van der Waals surface area (Å²) in [6.45, 7) is 3.06. The summed E-state index contributed by atoms with van der Waals surface area (Å²) >= 11 is 0. The summed E-state index contributed by atoms with van der Waals surface area (Å²) in [7, 11) is 5.12. The Hall–Kier alpha value is -1.18. The molecule has 7 nitrogen and oxygen atoms in total. The minimum atomic E-state index is 0. The molecule has 8 heteroatoms. The van der Waals surface area contributed by atoms with Crippen molar-refractivity contribution in [3.8, 4) is 12.0 Å². The van der Waals surface area contributed by atoms with Gasteiger partial charge in [-0.2, -0.15) is 0 Å². The Labute approximate surface area is 112 Å². The molecule has 1 saturated heterocycles. The van der Waals surface area contributed by atoms with E-state index in [0.29, 0.717) is 23.6 Å². The van der Waals surface area contributed by atoms with Crippen LogP contribution in [0.4, 0.5) is 5.95 Å². The van der Waals surface area contributed by atoms with Gasteiger partial charge in [0.1, 0.15) is 13.1 Å². The molecule has 2 heterocycles. The van der Waals surface area contributed by atoms with Gasteiger partial charge in [0, 0.05) is 0 Å². The fourth-order valence-corrected chi connectivity index (χ4v) is 1.70. The normalized spacial score (nSPS) is 17.7. The van der Waals surface area contributed by atoms with Crippen molar-refractivity contribution in [2.45, 2.75) is 0 Å². The number of halogens is 1. The molecule has 1 aromatic heterocycles. The second-order valence-corrected chi connectivity index (χ2v) is 4.06. The molecule has 0 aromatic carbocycles. The van der Waals surface area contributed by atoms with Gasteiger partial charge in [0.15, 0.2) is 0 Å². The lowest BCUT2D eigenvalue weighted by atomic mass is 10.4. The van der Waals surface area contributed by atoms with Crippen molar-refractivity contribution in [1.29, 1.82) is 0 Å². The molecule has 0 radical (unpaired) electrons. The topological polar surface area (TPSA) is 66.4 Å². The monoisotopic (exact) mass is 278 g/mol. The zero-order valence-corrected chi connectivity index (χ0v) is 11.7. The van der Waals surface area contributed by atoms with E-state index in [2.05, 4.69) is 22.0 Å². The Balaban J connectivity index is 0.00000162. The number of rotatable bonds is 3. The third kappa shape index (κ3) is 2.98. The predicted molar refractivity (Wildman–Crippen MR) is 64.0 cm³/mol. The van der Waals surface area contributed by atoms with Gasteiger partial charge >= 0.3 is 18.0 Å². The Morgan fingerprint density at radius 3 is 1.94 bits per heavy atom. The van der Waals surface area contributed by atoms with E-state index in [-0.39, 0.29) is 24.4 Å². The number of aromatic nitrogens is 3. The first-order valence-corrected chi connectivity index (χ1v) is 5.45. The van der Waals surface area contributed by atoms with Crippen molar-refractivity contribution < 1.29 is 26.6 Å². The Morgan fingerprint density at radius 2 is 1.50 bits per heavy atom. The molecule has 1 fully saturated rings. The summed E-state index contributed by atoms with van der Waals surface area (Å²) in [5, 5.41) is 0. The Bertz CT molecular complexity index is 376. The van der Waals surface area contributed by atoms with Crippen LogP contribution >= 0.6 is 0 Å². The van der Waals surface area contributed by atoms with E-state index >= 15 is 0 Å². The summed E-state index contributed by atoms with van der Waals surface area (Å²) in [5.41, 5.74) is 0. The standard InChI is InChI=1S/C10H17N4O3.ClH2/c1-14(4-6-17-7-5-14)8-11-9(15-2)13-10(12-8)16-3;/h4-7H2,1-3H3;1H2/q2*+1. The summed E-state index contributed by atoms with van der Waals surface area (Å²) in [6, 6.07) is 0.551. The molecule has 0 aliphatic carbocycles. The second-order valence-electron chi connectivity index (χ2n) is 4.06. The number of ether oxygens (including phenoxy) is 3. The van der Waals surface area contributed by atoms with E-state index in [0.717, 1.165) is 13.1 Å². The highest BCUT2D eigenvalue weighted by atomic mass is 35.5. The van der Waals surface area contributed by atoms with E-state index in [9.17, 15) is 0 Å². The third-order valence-electron chi connectivity index (χ3n) is 2.89. The molecule has 0 saturated carbocycles. The second kappa shape index (κ2) is 6.12. The van der Waals surface area contributed by atoms with E-state index in [1.807, 2.05) is 0 Å². The van der Waals surface area contributed by atoms with Crippen LogP contribution in [0, 0.1) is 12.4 Å². The molecule has 0 unspecified atom stereocenters. The van der Waals surface area contributed by atoms with Gasteiger partial charge in [-0.3, -0.25) is 4.48 Å². The van der Waals surface area contributed by atoms with Gasteiger partial charge in [-0.25, -0.2) is 0 Å². The first-order valence-electron chi connectivity index (χ1n) is 5.45. The minimum Gasteiger partial charge on any atom is -0.466 e. The van der Waals surface area contributed by atoms with Gasteiger partial charge in [-0.1, -0.05) is 0 Å². The maximum Gasteiger partial charge on any atom is 0.338 e. The van der Waals surface area contributed by atoms with Crippen LogP contribution in [0.1, 0.15) is 0 Å². The predicted octanol–water partition coefficient (Wildman–Crippen LogP) is -0.679. The van der Waals surface area contributed by atoms with Crippen LogP contribution in [0.3, 0.4) is 0 Å². The smallest absolute Gasteiger partial charge is 0.338 e. The lowest BCUT2D eigenvalue weighted by Crippen LogP contribution is -2.54. The van der Waals surface area contributed by atoms with Crippen molar-refractivity contribution in [2.24, 2.45) is 0 Å². The van der Waals surface area contributed by atoms with Crippen molar-refractivity contribution >= 4 is 5.95 Å². The molecule has 1 aliphatic heterocycles. The number of quaternary nitrogens is 1. The van der Waals surface area contributed by atoms with Crippen molar-refractivity contribution in [2.75, 3.05) is 47.6 Å². The molecule has 0 N–H and O–H groups in total. The molecule has 0 amide bonds. The Morgan fingerprint density at radius 1 is 1.00 bits per heavy atom. The molecule has 1 aliphatic rings. The molecular formula is C10H19ClN4O3+2. The number of hydrogen-bond acceptors (Lipinski definition) is 6. The van der Waals surface area contributed by atoms with E-state index in [1.165, 1.54) is 14.2 Å². The SMILES string of the molecule is COc1nc(OC)nc([N+]2(C)CCOCC2)n1.[ClH2+]. The van der Waals surface area contributed by atoms with Gasteiger partial charge < -0.3 is 14.2 Å². The maximum atomic E-state index is 5.35. The van der Waals surface area contributed by atoms with Crippen LogP contribution in [0.25, 0.3) is 0 Å². The average Bonchev–Trinajstić information content (AvgIpc) is 2.39. The lowest BCUT2D eigenvalue weighted by molar-refractivity contribution is -0.00000655. The van der Waals surface area contributed by atoms with E-state index < -0.39 is 0 Å². The van der Waals surface area contributed by atoms with Gasteiger partial charge in [-0.05, 0) is 0 Å². The van der Waals surface area contributed by atoms with Crippen LogP contribution in [0.2, 0.25) is 0 Å². The highest BCUT2D eigenvalue weighted by molar-refractivity contribution is 5.27. The molecule has 18 heavy (non-hydrogen) atoms. The van der Waals surface area contributed by atoms with Crippen LogP contribution < -0.4 is 14.0 Å². The largest absolute Gasteiger partial charge is 0.466 e. The molecule has 0 atom stereocenters. The molecule has 0 bridgehead atoms. The minimum absolute atomic E-state index is 0. The van der Waals surface area contributed by atoms with Crippen molar-refractivity contribution in [3.05, 3.63) is 0 Å². The first kappa shape index (κ1) is 14.9. The fourth-order valence-electron chi connectivity index (χ4n) is 1.70. The first-order chi connectivity index (χ1) is 8.18. The lowest BCUT2D eigenvalue weighted by Gasteiger charge is -2.34. The third-order valence-corrected chi connectivity index (χ3v) is 2.89. The fraction of sp³-hybridized carbons (Fsp3) is 0.700. The molecule has 0 spiro atoms. The van der Waals surface area contributed by atoms with Crippen LogP contribution in [-0.4, -0.2) is 62.5 Å². The van der Waals surface area contributed by atoms with E-state index in [1.54, 1.807) is 0 Å². The quantitative estimate of drug-likeness (QED) is 0.683. The number of hydrogen-bond donors (Lipinski definition) is 0. The van der Waals surface area contributed by atoms with Gasteiger partial charge in [0.25, 0.3) is 0 Å². The summed E-state index contributed by atoms with van der Waals surface area (Å²) < 4.78 is 16.1. The van der Waals surface area contributed by atoms with Crippen LogP contribution in [0.15, 0.2) is 0 Å². The maximum absolute atomic E-state index is 5.35. The summed E-state index contributed by atoms with van der Waals surface area (Å²) in [4.78, 5) is 12.6. The van der Waals surface area contributed by atoms with Crippen LogP contribution in [-0.2, 0) is 4.74 Å². The van der Waals surface area contributed by atoms with Gasteiger partial charge in [-0.15, -0.1) is 15.0 Å². The number of morpholine rings is 1. The molecule has 1 aromatic rings. The number of methoxy groups -OCH3 is 2. The van der Waals surface area contributed by atoms with Crippen LogP contribution in [0.5, 0.6) is 12.0 Å². The highest BCUT2D eigenvalue weighted by Gasteiger charge is 2.32. The molecule has 2 rings (SSSR count).